The molecule has 0 atom stereocenters. The molecule has 6 heteroatoms. The number of fused-ring (bicyclic) bond motifs is 1. The molecule has 0 fully saturated rings. The van der Waals surface area contributed by atoms with Crippen LogP contribution < -0.4 is 4.90 Å². The number of ketones is 1. The van der Waals surface area contributed by atoms with E-state index in [0.717, 1.165) is 0 Å². The second-order valence-electron chi connectivity index (χ2n) is 4.17. The molecule has 0 aromatic heterocycles. The fraction of sp³-hybridized carbons (Fsp3) is 0.333. The average molecular weight is 257 g/mol. The van der Waals surface area contributed by atoms with Gasteiger partial charge >= 0.3 is 6.18 Å². The van der Waals surface area contributed by atoms with Crippen LogP contribution in [0.25, 0.3) is 0 Å². The minimum absolute atomic E-state index is 0.0907. The number of Topliss-reactive ketones (excluding diaryl/α,β-unsaturated/α-hetero) is 1. The maximum Gasteiger partial charge on any atom is 0.406 e. The van der Waals surface area contributed by atoms with E-state index in [1.165, 1.54) is 25.1 Å². The van der Waals surface area contributed by atoms with Crippen molar-refractivity contribution in [3.8, 4) is 0 Å². The van der Waals surface area contributed by atoms with Gasteiger partial charge in [0.1, 0.15) is 6.54 Å². The van der Waals surface area contributed by atoms with Crippen LogP contribution in [0.15, 0.2) is 18.2 Å². The SMILES string of the molecule is CC(=O)c1ccc2c(c1)CC(=O)N2CC(F)(F)F. The first kappa shape index (κ1) is 12.6. The molecule has 1 aromatic rings. The van der Waals surface area contributed by atoms with E-state index in [4.69, 9.17) is 0 Å². The largest absolute Gasteiger partial charge is 0.406 e. The molecule has 0 aliphatic carbocycles. The molecular formula is C12H10F3NO2. The van der Waals surface area contributed by atoms with Crippen LogP contribution in [-0.4, -0.2) is 24.4 Å². The van der Waals surface area contributed by atoms with Gasteiger partial charge in [-0.3, -0.25) is 9.59 Å². The first-order chi connectivity index (χ1) is 8.28. The second kappa shape index (κ2) is 4.12. The zero-order valence-corrected chi connectivity index (χ0v) is 9.54. The zero-order chi connectivity index (χ0) is 13.5. The van der Waals surface area contributed by atoms with Gasteiger partial charge < -0.3 is 4.90 Å². The van der Waals surface area contributed by atoms with Gasteiger partial charge in [0.15, 0.2) is 5.78 Å². The van der Waals surface area contributed by atoms with E-state index in [0.29, 0.717) is 16.0 Å². The molecule has 0 saturated heterocycles. The van der Waals surface area contributed by atoms with Crippen molar-refractivity contribution in [3.63, 3.8) is 0 Å². The van der Waals surface area contributed by atoms with Crippen molar-refractivity contribution >= 4 is 17.4 Å². The van der Waals surface area contributed by atoms with Gasteiger partial charge in [-0.1, -0.05) is 0 Å². The van der Waals surface area contributed by atoms with Gasteiger partial charge in [-0.15, -0.1) is 0 Å². The van der Waals surface area contributed by atoms with Gasteiger partial charge in [0.05, 0.1) is 6.42 Å². The standard InChI is InChI=1S/C12H10F3NO2/c1-7(17)8-2-3-10-9(4-8)5-11(18)16(10)6-12(13,14)15/h2-4H,5-6H2,1H3. The van der Waals surface area contributed by atoms with Crippen molar-refractivity contribution in [1.29, 1.82) is 0 Å². The summed E-state index contributed by atoms with van der Waals surface area (Å²) in [7, 11) is 0. The van der Waals surface area contributed by atoms with Gasteiger partial charge in [-0.05, 0) is 30.7 Å². The summed E-state index contributed by atoms with van der Waals surface area (Å²) < 4.78 is 37.0. The van der Waals surface area contributed by atoms with Crippen molar-refractivity contribution in [2.75, 3.05) is 11.4 Å². The third-order valence-corrected chi connectivity index (χ3v) is 2.76. The summed E-state index contributed by atoms with van der Waals surface area (Å²) in [5, 5.41) is 0. The lowest BCUT2D eigenvalue weighted by atomic mass is 10.1. The molecule has 0 N–H and O–H groups in total. The molecule has 1 heterocycles. The Morgan fingerprint density at radius 2 is 2.06 bits per heavy atom. The van der Waals surface area contributed by atoms with Gasteiger partial charge in [0, 0.05) is 11.3 Å². The van der Waals surface area contributed by atoms with E-state index in [9.17, 15) is 22.8 Å². The van der Waals surface area contributed by atoms with Gasteiger partial charge in [0.25, 0.3) is 0 Å². The van der Waals surface area contributed by atoms with Crippen LogP contribution in [0.2, 0.25) is 0 Å². The second-order valence-corrected chi connectivity index (χ2v) is 4.17. The zero-order valence-electron chi connectivity index (χ0n) is 9.54. The Bertz CT molecular complexity index is 523. The minimum atomic E-state index is -4.43. The molecule has 0 radical (unpaired) electrons. The summed E-state index contributed by atoms with van der Waals surface area (Å²) >= 11 is 0. The van der Waals surface area contributed by atoms with Crippen LogP contribution in [0.1, 0.15) is 22.8 Å². The van der Waals surface area contributed by atoms with E-state index in [-0.39, 0.29) is 17.9 Å². The van der Waals surface area contributed by atoms with E-state index >= 15 is 0 Å². The van der Waals surface area contributed by atoms with Crippen molar-refractivity contribution in [1.82, 2.24) is 0 Å². The smallest absolute Gasteiger partial charge is 0.303 e. The molecule has 0 unspecified atom stereocenters. The number of amides is 1. The van der Waals surface area contributed by atoms with Gasteiger partial charge in [0.2, 0.25) is 5.91 Å². The number of carbonyl (C=O) groups is 2. The Morgan fingerprint density at radius 1 is 1.39 bits per heavy atom. The third kappa shape index (κ3) is 2.37. The first-order valence-corrected chi connectivity index (χ1v) is 5.29. The van der Waals surface area contributed by atoms with Crippen LogP contribution in [0.3, 0.4) is 0 Å². The maximum absolute atomic E-state index is 12.3. The normalized spacial score (nSPS) is 14.9. The topological polar surface area (TPSA) is 37.4 Å². The van der Waals surface area contributed by atoms with Gasteiger partial charge in [-0.2, -0.15) is 13.2 Å². The quantitative estimate of drug-likeness (QED) is 0.762. The highest BCUT2D eigenvalue weighted by Crippen LogP contribution is 2.32. The molecule has 0 saturated carbocycles. The molecule has 18 heavy (non-hydrogen) atoms. The van der Waals surface area contributed by atoms with E-state index in [1.54, 1.807) is 0 Å². The highest BCUT2D eigenvalue weighted by atomic mass is 19.4. The summed E-state index contributed by atoms with van der Waals surface area (Å²) in [5.41, 5.74) is 1.11. The Balaban J connectivity index is 2.35. The van der Waals surface area contributed by atoms with E-state index in [1.807, 2.05) is 0 Å². The van der Waals surface area contributed by atoms with Crippen molar-refractivity contribution in [2.24, 2.45) is 0 Å². The predicted octanol–water partition coefficient (Wildman–Crippen LogP) is 2.34. The average Bonchev–Trinajstić information content (AvgIpc) is 2.52. The summed E-state index contributed by atoms with van der Waals surface area (Å²) in [6.07, 6.45) is -4.52. The lowest BCUT2D eigenvalue weighted by Crippen LogP contribution is -2.36. The Labute approximate surface area is 101 Å². The van der Waals surface area contributed by atoms with Crippen LogP contribution in [0, 0.1) is 0 Å². The number of hydrogen-bond acceptors (Lipinski definition) is 2. The Hall–Kier alpha value is -1.85. The highest BCUT2D eigenvalue weighted by molar-refractivity contribution is 6.03. The number of benzene rings is 1. The molecule has 1 amide bonds. The van der Waals surface area contributed by atoms with Crippen molar-refractivity contribution in [3.05, 3.63) is 29.3 Å². The van der Waals surface area contributed by atoms with E-state index < -0.39 is 18.6 Å². The Morgan fingerprint density at radius 3 is 2.61 bits per heavy atom. The number of carbonyl (C=O) groups excluding carboxylic acids is 2. The van der Waals surface area contributed by atoms with Crippen LogP contribution in [0.4, 0.5) is 18.9 Å². The summed E-state index contributed by atoms with van der Waals surface area (Å²) in [5.74, 6) is -0.775. The molecule has 1 aromatic carbocycles. The van der Waals surface area contributed by atoms with Crippen molar-refractivity contribution in [2.45, 2.75) is 19.5 Å². The van der Waals surface area contributed by atoms with E-state index in [2.05, 4.69) is 0 Å². The molecule has 2 rings (SSSR count). The fourth-order valence-electron chi connectivity index (χ4n) is 1.95. The van der Waals surface area contributed by atoms with Gasteiger partial charge in [-0.25, -0.2) is 0 Å². The number of anilines is 1. The molecule has 3 nitrogen and oxygen atoms in total. The molecular weight excluding hydrogens is 247 g/mol. The third-order valence-electron chi connectivity index (χ3n) is 2.76. The highest BCUT2D eigenvalue weighted by Gasteiger charge is 2.37. The predicted molar refractivity (Wildman–Crippen MR) is 58.6 cm³/mol. The number of halogens is 3. The first-order valence-electron chi connectivity index (χ1n) is 5.29. The number of hydrogen-bond donors (Lipinski definition) is 0. The van der Waals surface area contributed by atoms with Crippen LogP contribution >= 0.6 is 0 Å². The molecule has 1 aliphatic heterocycles. The molecule has 96 valence electrons. The monoisotopic (exact) mass is 257 g/mol. The minimum Gasteiger partial charge on any atom is -0.303 e. The summed E-state index contributed by atoms with van der Waals surface area (Å²) in [6, 6.07) is 4.30. The molecule has 0 bridgehead atoms. The summed E-state index contributed by atoms with van der Waals surface area (Å²) in [4.78, 5) is 23.4. The maximum atomic E-state index is 12.3. The van der Waals surface area contributed by atoms with Crippen LogP contribution in [-0.2, 0) is 11.2 Å². The number of nitrogens with zero attached hydrogens (tertiary/aromatic N) is 1. The fourth-order valence-corrected chi connectivity index (χ4v) is 1.95. The number of alkyl halides is 3. The number of rotatable bonds is 2. The van der Waals surface area contributed by atoms with Crippen molar-refractivity contribution < 1.29 is 22.8 Å². The summed E-state index contributed by atoms with van der Waals surface area (Å²) in [6.45, 7) is 0.0736. The molecule has 0 spiro atoms. The lowest BCUT2D eigenvalue weighted by molar-refractivity contribution is -0.131. The lowest BCUT2D eigenvalue weighted by Gasteiger charge is -2.19. The molecule has 1 aliphatic rings. The van der Waals surface area contributed by atoms with Crippen LogP contribution in [0.5, 0.6) is 0 Å². The Kier molecular flexibility index (Phi) is 2.88.